The number of piperazine rings is 1. The van der Waals surface area contributed by atoms with Gasteiger partial charge in [-0.25, -0.2) is 0 Å². The van der Waals surface area contributed by atoms with E-state index in [0.717, 1.165) is 0 Å². The largest absolute Gasteiger partial charge is 0.325 e. The van der Waals surface area contributed by atoms with Gasteiger partial charge in [0.1, 0.15) is 0 Å². The van der Waals surface area contributed by atoms with E-state index in [-0.39, 0.29) is 5.54 Å². The Morgan fingerprint density at radius 1 is 1.06 bits per heavy atom. The minimum atomic E-state index is 0.147. The summed E-state index contributed by atoms with van der Waals surface area (Å²) in [6.45, 7) is 8.27. The van der Waals surface area contributed by atoms with Gasteiger partial charge in [-0.2, -0.15) is 0 Å². The van der Waals surface area contributed by atoms with Crippen LogP contribution >= 0.6 is 0 Å². The standard InChI is InChI=1S/C15H31N3/c1-13-11-18(12-14(2)17(13)3)10-9-15(16)7-5-4-6-8-15/h13-14H,4-12,16H2,1-3H3. The van der Waals surface area contributed by atoms with Gasteiger partial charge in [-0.1, -0.05) is 19.3 Å². The zero-order valence-corrected chi connectivity index (χ0v) is 12.5. The van der Waals surface area contributed by atoms with Crippen molar-refractivity contribution in [2.75, 3.05) is 26.7 Å². The quantitative estimate of drug-likeness (QED) is 0.835. The predicted molar refractivity (Wildman–Crippen MR) is 77.7 cm³/mol. The monoisotopic (exact) mass is 253 g/mol. The Morgan fingerprint density at radius 3 is 2.17 bits per heavy atom. The zero-order chi connectivity index (χ0) is 13.2. The molecular formula is C15H31N3. The average Bonchev–Trinajstić information content (AvgIpc) is 2.34. The molecule has 2 fully saturated rings. The maximum absolute atomic E-state index is 6.54. The molecule has 0 bridgehead atoms. The molecule has 3 heteroatoms. The van der Waals surface area contributed by atoms with E-state index in [1.165, 1.54) is 58.2 Å². The summed E-state index contributed by atoms with van der Waals surface area (Å²) in [5, 5.41) is 0. The van der Waals surface area contributed by atoms with Crippen LogP contribution in [-0.2, 0) is 0 Å². The minimum Gasteiger partial charge on any atom is -0.325 e. The fourth-order valence-corrected chi connectivity index (χ4v) is 3.58. The van der Waals surface area contributed by atoms with Crippen LogP contribution in [0.15, 0.2) is 0 Å². The molecule has 0 radical (unpaired) electrons. The number of hydrogen-bond donors (Lipinski definition) is 1. The number of rotatable bonds is 3. The van der Waals surface area contributed by atoms with Gasteiger partial charge in [-0.15, -0.1) is 0 Å². The second-order valence-corrected chi connectivity index (χ2v) is 6.80. The predicted octanol–water partition coefficient (Wildman–Crippen LogP) is 2.06. The highest BCUT2D eigenvalue weighted by molar-refractivity contribution is 4.90. The Balaban J connectivity index is 1.79. The van der Waals surface area contributed by atoms with Gasteiger partial charge in [0.25, 0.3) is 0 Å². The molecule has 0 aromatic heterocycles. The van der Waals surface area contributed by atoms with Crippen LogP contribution in [0.1, 0.15) is 52.4 Å². The van der Waals surface area contributed by atoms with Crippen molar-refractivity contribution in [2.24, 2.45) is 5.73 Å². The highest BCUT2D eigenvalue weighted by Crippen LogP contribution is 2.29. The molecule has 18 heavy (non-hydrogen) atoms. The topological polar surface area (TPSA) is 32.5 Å². The van der Waals surface area contributed by atoms with Gasteiger partial charge < -0.3 is 10.6 Å². The van der Waals surface area contributed by atoms with Crippen molar-refractivity contribution < 1.29 is 0 Å². The van der Waals surface area contributed by atoms with Gasteiger partial charge in [0.15, 0.2) is 0 Å². The number of hydrogen-bond acceptors (Lipinski definition) is 3. The lowest BCUT2D eigenvalue weighted by molar-refractivity contribution is 0.0537. The molecule has 1 aliphatic carbocycles. The molecule has 1 saturated heterocycles. The highest BCUT2D eigenvalue weighted by Gasteiger charge is 2.30. The van der Waals surface area contributed by atoms with E-state index in [9.17, 15) is 0 Å². The molecule has 2 unspecified atom stereocenters. The summed E-state index contributed by atoms with van der Waals surface area (Å²) in [6, 6.07) is 1.35. The molecule has 0 aromatic rings. The van der Waals surface area contributed by atoms with Crippen LogP contribution in [0.25, 0.3) is 0 Å². The Morgan fingerprint density at radius 2 is 1.61 bits per heavy atom. The van der Waals surface area contributed by atoms with Crippen molar-refractivity contribution in [3.8, 4) is 0 Å². The normalized spacial score (nSPS) is 34.7. The molecule has 1 heterocycles. The van der Waals surface area contributed by atoms with E-state index in [2.05, 4.69) is 30.7 Å². The second kappa shape index (κ2) is 5.89. The summed E-state index contributed by atoms with van der Waals surface area (Å²) >= 11 is 0. The van der Waals surface area contributed by atoms with Crippen LogP contribution < -0.4 is 5.73 Å². The minimum absolute atomic E-state index is 0.147. The van der Waals surface area contributed by atoms with Crippen LogP contribution in [0.2, 0.25) is 0 Å². The lowest BCUT2D eigenvalue weighted by Crippen LogP contribution is -2.56. The maximum atomic E-state index is 6.54. The first-order valence-electron chi connectivity index (χ1n) is 7.73. The summed E-state index contributed by atoms with van der Waals surface area (Å²) in [5.74, 6) is 0. The average molecular weight is 253 g/mol. The number of nitrogens with zero attached hydrogens (tertiary/aromatic N) is 2. The Hall–Kier alpha value is -0.120. The van der Waals surface area contributed by atoms with Gasteiger partial charge in [-0.3, -0.25) is 4.90 Å². The molecule has 0 aromatic carbocycles. The molecule has 2 N–H and O–H groups in total. The smallest absolute Gasteiger partial charge is 0.0195 e. The van der Waals surface area contributed by atoms with Crippen LogP contribution in [0.3, 0.4) is 0 Å². The molecule has 2 rings (SSSR count). The summed E-state index contributed by atoms with van der Waals surface area (Å²) in [5.41, 5.74) is 6.68. The molecule has 0 amide bonds. The van der Waals surface area contributed by atoms with Gasteiger partial charge in [-0.05, 0) is 40.2 Å². The third kappa shape index (κ3) is 3.46. The first-order chi connectivity index (χ1) is 8.50. The maximum Gasteiger partial charge on any atom is 0.0195 e. The van der Waals surface area contributed by atoms with Gasteiger partial charge in [0.05, 0.1) is 0 Å². The second-order valence-electron chi connectivity index (χ2n) is 6.80. The summed E-state index contributed by atoms with van der Waals surface area (Å²) < 4.78 is 0. The van der Waals surface area contributed by atoms with E-state index in [0.29, 0.717) is 12.1 Å². The number of nitrogens with two attached hydrogens (primary N) is 1. The van der Waals surface area contributed by atoms with Crippen LogP contribution in [0.5, 0.6) is 0 Å². The Bertz CT molecular complexity index is 248. The van der Waals surface area contributed by atoms with E-state index < -0.39 is 0 Å². The van der Waals surface area contributed by atoms with Crippen LogP contribution in [0.4, 0.5) is 0 Å². The van der Waals surface area contributed by atoms with Gasteiger partial charge >= 0.3 is 0 Å². The first kappa shape index (κ1) is 14.3. The van der Waals surface area contributed by atoms with E-state index in [1.807, 2.05) is 0 Å². The molecular weight excluding hydrogens is 222 g/mol. The van der Waals surface area contributed by atoms with Gasteiger partial charge in [0.2, 0.25) is 0 Å². The lowest BCUT2D eigenvalue weighted by Gasteiger charge is -2.44. The van der Waals surface area contributed by atoms with E-state index >= 15 is 0 Å². The highest BCUT2D eigenvalue weighted by atomic mass is 15.3. The van der Waals surface area contributed by atoms with E-state index in [1.54, 1.807) is 0 Å². The van der Waals surface area contributed by atoms with Crippen LogP contribution in [-0.4, -0.2) is 54.1 Å². The molecule has 2 atom stereocenters. The lowest BCUT2D eigenvalue weighted by atomic mass is 9.80. The fraction of sp³-hybridized carbons (Fsp3) is 1.00. The van der Waals surface area contributed by atoms with Crippen molar-refractivity contribution in [1.29, 1.82) is 0 Å². The van der Waals surface area contributed by atoms with Crippen molar-refractivity contribution in [3.63, 3.8) is 0 Å². The van der Waals surface area contributed by atoms with Gasteiger partial charge in [0, 0.05) is 37.3 Å². The first-order valence-corrected chi connectivity index (χ1v) is 7.73. The van der Waals surface area contributed by atoms with Crippen molar-refractivity contribution in [1.82, 2.24) is 9.80 Å². The Kier molecular flexibility index (Phi) is 4.68. The third-order valence-corrected chi connectivity index (χ3v) is 5.21. The number of likely N-dealkylation sites (N-methyl/N-ethyl adjacent to an activating group) is 1. The third-order valence-electron chi connectivity index (χ3n) is 5.21. The molecule has 106 valence electrons. The van der Waals surface area contributed by atoms with Crippen molar-refractivity contribution >= 4 is 0 Å². The van der Waals surface area contributed by atoms with E-state index in [4.69, 9.17) is 5.73 Å². The molecule has 1 saturated carbocycles. The molecule has 0 spiro atoms. The molecule has 2 aliphatic rings. The fourth-order valence-electron chi connectivity index (χ4n) is 3.58. The van der Waals surface area contributed by atoms with Crippen LogP contribution in [0, 0.1) is 0 Å². The van der Waals surface area contributed by atoms with Crippen molar-refractivity contribution in [2.45, 2.75) is 70.0 Å². The Labute approximate surface area is 113 Å². The molecule has 1 aliphatic heterocycles. The zero-order valence-electron chi connectivity index (χ0n) is 12.5. The molecule has 3 nitrogen and oxygen atoms in total. The summed E-state index contributed by atoms with van der Waals surface area (Å²) in [4.78, 5) is 5.12. The summed E-state index contributed by atoms with van der Waals surface area (Å²) in [7, 11) is 2.25. The SMILES string of the molecule is CC1CN(CCC2(N)CCCCC2)CC(C)N1C. The van der Waals surface area contributed by atoms with Crippen molar-refractivity contribution in [3.05, 3.63) is 0 Å². The summed E-state index contributed by atoms with van der Waals surface area (Å²) in [6.07, 6.45) is 7.74.